The monoisotopic (exact) mass is 364 g/mol. The summed E-state index contributed by atoms with van der Waals surface area (Å²) in [5, 5.41) is 0. The lowest BCUT2D eigenvalue weighted by Gasteiger charge is -2.34. The van der Waals surface area contributed by atoms with Crippen molar-refractivity contribution in [1.82, 2.24) is 19.8 Å². The molecule has 0 N–H and O–H groups in total. The molecule has 2 saturated heterocycles. The molecule has 5 heteroatoms. The summed E-state index contributed by atoms with van der Waals surface area (Å²) in [6, 6.07) is 8.05. The zero-order valence-electron chi connectivity index (χ0n) is 15.8. The van der Waals surface area contributed by atoms with Crippen LogP contribution in [0.3, 0.4) is 0 Å². The van der Waals surface area contributed by atoms with Crippen LogP contribution < -0.4 is 0 Å². The van der Waals surface area contributed by atoms with Crippen LogP contribution in [0, 0.1) is 11.8 Å². The molecule has 2 aliphatic rings. The van der Waals surface area contributed by atoms with Crippen molar-refractivity contribution in [2.75, 3.05) is 26.2 Å². The first-order valence-electron chi connectivity index (χ1n) is 10.1. The largest absolute Gasteiger partial charge is 0.342 e. The third kappa shape index (κ3) is 4.72. The second-order valence-corrected chi connectivity index (χ2v) is 7.90. The van der Waals surface area contributed by atoms with Crippen LogP contribution in [0.1, 0.15) is 30.4 Å². The van der Waals surface area contributed by atoms with E-state index in [1.54, 1.807) is 12.4 Å². The smallest absolute Gasteiger partial charge is 0.227 e. The maximum absolute atomic E-state index is 12.6. The molecule has 27 heavy (non-hydrogen) atoms. The molecule has 0 bridgehead atoms. The number of likely N-dealkylation sites (tertiary alicyclic amines) is 2. The highest BCUT2D eigenvalue weighted by molar-refractivity contribution is 5.78. The molecular formula is C22H28N4O. The van der Waals surface area contributed by atoms with Gasteiger partial charge in [0.05, 0.1) is 6.42 Å². The summed E-state index contributed by atoms with van der Waals surface area (Å²) in [4.78, 5) is 25.5. The summed E-state index contributed by atoms with van der Waals surface area (Å²) in [5.74, 6) is 1.68. The van der Waals surface area contributed by atoms with E-state index in [9.17, 15) is 4.79 Å². The van der Waals surface area contributed by atoms with Gasteiger partial charge in [0.2, 0.25) is 5.91 Å². The average molecular weight is 364 g/mol. The molecule has 0 radical (unpaired) electrons. The van der Waals surface area contributed by atoms with Gasteiger partial charge in [-0.15, -0.1) is 0 Å². The Hall–Kier alpha value is -2.27. The Labute approximate surface area is 161 Å². The van der Waals surface area contributed by atoms with E-state index in [0.717, 1.165) is 50.6 Å². The Balaban J connectivity index is 1.23. The molecule has 1 unspecified atom stereocenters. The number of hydrogen-bond acceptors (Lipinski definition) is 4. The van der Waals surface area contributed by atoms with Gasteiger partial charge in [-0.05, 0) is 67.4 Å². The molecule has 0 saturated carbocycles. The van der Waals surface area contributed by atoms with E-state index in [2.05, 4.69) is 25.8 Å². The second kappa shape index (κ2) is 8.61. The molecule has 5 nitrogen and oxygen atoms in total. The summed E-state index contributed by atoms with van der Waals surface area (Å²) < 4.78 is 0. The molecular weight excluding hydrogens is 336 g/mol. The van der Waals surface area contributed by atoms with Crippen molar-refractivity contribution >= 4 is 5.91 Å². The van der Waals surface area contributed by atoms with E-state index in [4.69, 9.17) is 0 Å². The fourth-order valence-corrected chi connectivity index (χ4v) is 4.52. The highest BCUT2D eigenvalue weighted by Gasteiger charge is 2.33. The number of carbonyl (C=O) groups is 1. The molecule has 2 fully saturated rings. The minimum Gasteiger partial charge on any atom is -0.342 e. The molecule has 1 atom stereocenters. The molecule has 4 rings (SSSR count). The van der Waals surface area contributed by atoms with Gasteiger partial charge in [0.25, 0.3) is 0 Å². The normalized spacial score (nSPS) is 21.5. The van der Waals surface area contributed by atoms with Crippen LogP contribution in [0.2, 0.25) is 0 Å². The van der Waals surface area contributed by atoms with E-state index < -0.39 is 0 Å². The minimum absolute atomic E-state index is 0.250. The molecule has 2 aromatic heterocycles. The highest BCUT2D eigenvalue weighted by Crippen LogP contribution is 2.32. The zero-order chi connectivity index (χ0) is 18.5. The summed E-state index contributed by atoms with van der Waals surface area (Å²) in [5.41, 5.74) is 2.30. The van der Waals surface area contributed by atoms with Gasteiger partial charge < -0.3 is 4.90 Å². The summed E-state index contributed by atoms with van der Waals surface area (Å²) in [6.45, 7) is 5.16. The number of rotatable bonds is 5. The Morgan fingerprint density at radius 1 is 0.926 bits per heavy atom. The lowest BCUT2D eigenvalue weighted by Crippen LogP contribution is -2.37. The fourth-order valence-electron chi connectivity index (χ4n) is 4.52. The third-order valence-corrected chi connectivity index (χ3v) is 6.08. The molecule has 142 valence electrons. The van der Waals surface area contributed by atoms with E-state index in [-0.39, 0.29) is 5.91 Å². The zero-order valence-corrected chi connectivity index (χ0v) is 15.8. The SMILES string of the molecule is O=C(Cc1cccnc1)N1CCC(C2CCN(Cc3cccnc3)CC2)C1. The van der Waals surface area contributed by atoms with E-state index >= 15 is 0 Å². The van der Waals surface area contributed by atoms with Gasteiger partial charge in [-0.1, -0.05) is 12.1 Å². The maximum atomic E-state index is 12.6. The number of piperidine rings is 1. The average Bonchev–Trinajstić information content (AvgIpc) is 3.21. The topological polar surface area (TPSA) is 49.3 Å². The lowest BCUT2D eigenvalue weighted by atomic mass is 9.83. The van der Waals surface area contributed by atoms with Crippen molar-refractivity contribution in [2.24, 2.45) is 11.8 Å². The lowest BCUT2D eigenvalue weighted by molar-refractivity contribution is -0.129. The molecule has 0 aliphatic carbocycles. The van der Waals surface area contributed by atoms with Crippen LogP contribution in [-0.2, 0) is 17.8 Å². The third-order valence-electron chi connectivity index (χ3n) is 6.08. The van der Waals surface area contributed by atoms with Crippen molar-refractivity contribution in [3.8, 4) is 0 Å². The summed E-state index contributed by atoms with van der Waals surface area (Å²) in [6.07, 6.45) is 11.5. The first-order valence-corrected chi connectivity index (χ1v) is 10.1. The molecule has 0 aromatic carbocycles. The highest BCUT2D eigenvalue weighted by atomic mass is 16.2. The van der Waals surface area contributed by atoms with Crippen molar-refractivity contribution < 1.29 is 4.79 Å². The molecule has 0 spiro atoms. The maximum Gasteiger partial charge on any atom is 0.227 e. The van der Waals surface area contributed by atoms with Crippen LogP contribution in [-0.4, -0.2) is 51.9 Å². The number of carbonyl (C=O) groups excluding carboxylic acids is 1. The van der Waals surface area contributed by atoms with E-state index in [0.29, 0.717) is 12.3 Å². The van der Waals surface area contributed by atoms with Gasteiger partial charge >= 0.3 is 0 Å². The van der Waals surface area contributed by atoms with Crippen molar-refractivity contribution in [3.05, 3.63) is 60.2 Å². The number of aromatic nitrogens is 2. The Bertz CT molecular complexity index is 728. The van der Waals surface area contributed by atoms with Crippen LogP contribution in [0.15, 0.2) is 49.1 Å². The van der Waals surface area contributed by atoms with Gasteiger partial charge in [0, 0.05) is 44.4 Å². The number of amides is 1. The number of nitrogens with zero attached hydrogens (tertiary/aromatic N) is 4. The van der Waals surface area contributed by atoms with Crippen LogP contribution >= 0.6 is 0 Å². The van der Waals surface area contributed by atoms with Crippen LogP contribution in [0.4, 0.5) is 0 Å². The number of hydrogen-bond donors (Lipinski definition) is 0. The number of pyridine rings is 2. The van der Waals surface area contributed by atoms with Crippen LogP contribution in [0.5, 0.6) is 0 Å². The predicted octanol–water partition coefficient (Wildman–Crippen LogP) is 2.78. The Morgan fingerprint density at radius 2 is 1.59 bits per heavy atom. The van der Waals surface area contributed by atoms with Gasteiger partial charge in [0.1, 0.15) is 0 Å². The van der Waals surface area contributed by atoms with Gasteiger partial charge in [-0.3, -0.25) is 19.7 Å². The molecule has 1 amide bonds. The predicted molar refractivity (Wildman–Crippen MR) is 105 cm³/mol. The Kier molecular flexibility index (Phi) is 5.78. The van der Waals surface area contributed by atoms with Crippen molar-refractivity contribution in [1.29, 1.82) is 0 Å². The first kappa shape index (κ1) is 18.1. The van der Waals surface area contributed by atoms with Gasteiger partial charge in [0.15, 0.2) is 0 Å². The summed E-state index contributed by atoms with van der Waals surface area (Å²) in [7, 11) is 0. The minimum atomic E-state index is 0.250. The van der Waals surface area contributed by atoms with Crippen molar-refractivity contribution in [3.63, 3.8) is 0 Å². The summed E-state index contributed by atoms with van der Waals surface area (Å²) >= 11 is 0. The van der Waals surface area contributed by atoms with Crippen LogP contribution in [0.25, 0.3) is 0 Å². The second-order valence-electron chi connectivity index (χ2n) is 7.90. The first-order chi connectivity index (χ1) is 13.3. The molecule has 4 heterocycles. The van der Waals surface area contributed by atoms with Gasteiger partial charge in [-0.2, -0.15) is 0 Å². The Morgan fingerprint density at radius 3 is 2.26 bits per heavy atom. The van der Waals surface area contributed by atoms with Crippen molar-refractivity contribution in [2.45, 2.75) is 32.2 Å². The van der Waals surface area contributed by atoms with E-state index in [1.807, 2.05) is 30.6 Å². The quantitative estimate of drug-likeness (QED) is 0.819. The fraction of sp³-hybridized carbons (Fsp3) is 0.500. The van der Waals surface area contributed by atoms with Gasteiger partial charge in [-0.25, -0.2) is 0 Å². The molecule has 2 aromatic rings. The molecule has 2 aliphatic heterocycles. The van der Waals surface area contributed by atoms with E-state index in [1.165, 1.54) is 18.4 Å². The standard InChI is InChI=1S/C22H28N4O/c27-22(13-18-3-1-8-23-14-18)26-12-7-21(17-26)20-5-10-25(11-6-20)16-19-4-2-9-24-15-19/h1-4,8-9,14-15,20-21H,5-7,10-13,16-17H2.